The maximum absolute atomic E-state index is 12.6. The summed E-state index contributed by atoms with van der Waals surface area (Å²) in [5, 5.41) is 14.4. The van der Waals surface area contributed by atoms with Crippen molar-refractivity contribution in [3.63, 3.8) is 0 Å². The summed E-state index contributed by atoms with van der Waals surface area (Å²) in [6.07, 6.45) is 2.49. The Hall–Kier alpha value is -2.29. The average Bonchev–Trinajstić information content (AvgIpc) is 2.66. The highest BCUT2D eigenvalue weighted by atomic mass is 16.5. The molecule has 2 aromatic rings. The van der Waals surface area contributed by atoms with Gasteiger partial charge in [0.05, 0.1) is 42.5 Å². The Labute approximate surface area is 164 Å². The number of piperidine rings is 1. The van der Waals surface area contributed by atoms with Gasteiger partial charge in [0.1, 0.15) is 0 Å². The molecule has 0 radical (unpaired) electrons. The van der Waals surface area contributed by atoms with Crippen LogP contribution in [0.5, 0.6) is 0 Å². The molecule has 2 N–H and O–H groups in total. The fraction of sp³-hybridized carbons (Fsp3) is 0.550. The molecule has 152 valence electrons. The Morgan fingerprint density at radius 3 is 2.79 bits per heavy atom. The molecule has 1 fully saturated rings. The molecule has 28 heavy (non-hydrogen) atoms. The maximum Gasteiger partial charge on any atom is 0.261 e. The van der Waals surface area contributed by atoms with Crippen LogP contribution in [0.3, 0.4) is 0 Å². The molecule has 0 saturated carbocycles. The van der Waals surface area contributed by atoms with Gasteiger partial charge in [-0.2, -0.15) is 0 Å². The quantitative estimate of drug-likeness (QED) is 0.712. The van der Waals surface area contributed by atoms with Crippen molar-refractivity contribution in [2.75, 3.05) is 33.4 Å². The summed E-state index contributed by atoms with van der Waals surface area (Å²) >= 11 is 0. The Morgan fingerprint density at radius 1 is 1.36 bits per heavy atom. The van der Waals surface area contributed by atoms with Crippen LogP contribution in [0, 0.1) is 0 Å². The number of ether oxygens (including phenoxy) is 1. The third-order valence-corrected chi connectivity index (χ3v) is 5.17. The molecule has 1 aromatic carbocycles. The predicted molar refractivity (Wildman–Crippen MR) is 106 cm³/mol. The first-order chi connectivity index (χ1) is 13.4. The highest BCUT2D eigenvalue weighted by molar-refractivity contribution is 5.78. The van der Waals surface area contributed by atoms with Crippen molar-refractivity contribution in [1.29, 1.82) is 0 Å². The van der Waals surface area contributed by atoms with Crippen molar-refractivity contribution in [2.24, 2.45) is 0 Å². The summed E-state index contributed by atoms with van der Waals surface area (Å²) in [5.74, 6) is -0.0510. The predicted octanol–water partition coefficient (Wildman–Crippen LogP) is 0.375. The van der Waals surface area contributed by atoms with Crippen LogP contribution in [0.15, 0.2) is 35.4 Å². The molecule has 1 aliphatic rings. The number of aromatic nitrogens is 2. The van der Waals surface area contributed by atoms with Gasteiger partial charge in [-0.1, -0.05) is 12.1 Å². The summed E-state index contributed by atoms with van der Waals surface area (Å²) in [5.41, 5.74) is -0.475. The summed E-state index contributed by atoms with van der Waals surface area (Å²) in [6.45, 7) is 4.05. The monoisotopic (exact) mass is 388 g/mol. The number of nitrogens with one attached hydrogen (secondary N) is 1. The number of carbonyl (C=O) groups excluding carboxylic acids is 1. The van der Waals surface area contributed by atoms with Gasteiger partial charge in [0.2, 0.25) is 5.91 Å². The van der Waals surface area contributed by atoms with Crippen LogP contribution >= 0.6 is 0 Å². The van der Waals surface area contributed by atoms with E-state index in [1.54, 1.807) is 19.2 Å². The number of nitrogens with zero attached hydrogens (tertiary/aromatic N) is 3. The molecule has 0 spiro atoms. The number of hydrogen-bond donors (Lipinski definition) is 2. The number of benzene rings is 1. The standard InChI is InChI=1S/C20H28N4O4/c1-15(12-28-2)22-18(25)11-23-9-7-20(27,8-10-23)13-24-14-21-17-6-4-3-5-16(17)19(24)26/h3-6,14-15,27H,7-13H2,1-2H3,(H,22,25)/t15-/m0/s1. The summed E-state index contributed by atoms with van der Waals surface area (Å²) in [6, 6.07) is 7.16. The van der Waals surface area contributed by atoms with Crippen molar-refractivity contribution in [3.05, 3.63) is 40.9 Å². The Balaban J connectivity index is 1.57. The third kappa shape index (κ3) is 4.95. The van der Waals surface area contributed by atoms with Gasteiger partial charge in [0.25, 0.3) is 5.56 Å². The van der Waals surface area contributed by atoms with E-state index in [1.165, 1.54) is 10.9 Å². The lowest BCUT2D eigenvalue weighted by molar-refractivity contribution is -0.124. The summed E-state index contributed by atoms with van der Waals surface area (Å²) in [7, 11) is 1.60. The van der Waals surface area contributed by atoms with Gasteiger partial charge >= 0.3 is 0 Å². The number of amides is 1. The van der Waals surface area contributed by atoms with Gasteiger partial charge in [-0.25, -0.2) is 4.98 Å². The van der Waals surface area contributed by atoms with Gasteiger partial charge in [0.15, 0.2) is 0 Å². The highest BCUT2D eigenvalue weighted by Crippen LogP contribution is 2.23. The minimum Gasteiger partial charge on any atom is -0.388 e. The van der Waals surface area contributed by atoms with Crippen molar-refractivity contribution in [3.8, 4) is 0 Å². The molecule has 0 unspecified atom stereocenters. The van der Waals surface area contributed by atoms with Crippen LogP contribution in [-0.4, -0.2) is 70.5 Å². The van der Waals surface area contributed by atoms with Crippen LogP contribution in [0.25, 0.3) is 10.9 Å². The van der Waals surface area contributed by atoms with Crippen molar-refractivity contribution in [2.45, 2.75) is 38.0 Å². The van der Waals surface area contributed by atoms with Crippen LogP contribution in [0.1, 0.15) is 19.8 Å². The van der Waals surface area contributed by atoms with E-state index in [1.807, 2.05) is 24.0 Å². The van der Waals surface area contributed by atoms with Crippen LogP contribution in [0.4, 0.5) is 0 Å². The number of rotatable bonds is 7. The molecule has 8 heteroatoms. The zero-order valence-corrected chi connectivity index (χ0v) is 16.4. The minimum absolute atomic E-state index is 0.0356. The number of carbonyl (C=O) groups is 1. The number of para-hydroxylation sites is 1. The topological polar surface area (TPSA) is 96.7 Å². The van der Waals surface area contributed by atoms with E-state index in [0.717, 1.165) is 0 Å². The molecular weight excluding hydrogens is 360 g/mol. The van der Waals surface area contributed by atoms with E-state index in [2.05, 4.69) is 10.3 Å². The molecular formula is C20H28N4O4. The lowest BCUT2D eigenvalue weighted by Gasteiger charge is -2.38. The van der Waals surface area contributed by atoms with E-state index in [-0.39, 0.29) is 24.1 Å². The molecule has 1 aliphatic heterocycles. The Bertz CT molecular complexity index is 874. The molecule has 3 rings (SSSR count). The first kappa shape index (κ1) is 20.4. The first-order valence-electron chi connectivity index (χ1n) is 9.57. The lowest BCUT2D eigenvalue weighted by atomic mass is 9.91. The molecule has 2 heterocycles. The number of fused-ring (bicyclic) bond motifs is 1. The van der Waals surface area contributed by atoms with E-state index >= 15 is 0 Å². The molecule has 1 aromatic heterocycles. The number of aliphatic hydroxyl groups is 1. The maximum atomic E-state index is 12.6. The van der Waals surface area contributed by atoms with Gasteiger partial charge in [-0.15, -0.1) is 0 Å². The van der Waals surface area contributed by atoms with Gasteiger partial charge in [-0.3, -0.25) is 19.1 Å². The SMILES string of the molecule is COC[C@H](C)NC(=O)CN1CCC(O)(Cn2cnc3ccccc3c2=O)CC1. The minimum atomic E-state index is -0.982. The zero-order chi connectivity index (χ0) is 20.1. The van der Waals surface area contributed by atoms with Crippen molar-refractivity contribution < 1.29 is 14.6 Å². The molecule has 8 nitrogen and oxygen atoms in total. The zero-order valence-electron chi connectivity index (χ0n) is 16.4. The van der Waals surface area contributed by atoms with Crippen molar-refractivity contribution >= 4 is 16.8 Å². The largest absolute Gasteiger partial charge is 0.388 e. The number of methoxy groups -OCH3 is 1. The van der Waals surface area contributed by atoms with Gasteiger partial charge in [0, 0.05) is 26.2 Å². The highest BCUT2D eigenvalue weighted by Gasteiger charge is 2.33. The van der Waals surface area contributed by atoms with Crippen LogP contribution < -0.4 is 10.9 Å². The number of likely N-dealkylation sites (tertiary alicyclic amines) is 1. The summed E-state index contributed by atoms with van der Waals surface area (Å²) < 4.78 is 6.50. The smallest absolute Gasteiger partial charge is 0.261 e. The van der Waals surface area contributed by atoms with Crippen molar-refractivity contribution in [1.82, 2.24) is 19.8 Å². The van der Waals surface area contributed by atoms with E-state index in [0.29, 0.717) is 50.0 Å². The second-order valence-electron chi connectivity index (χ2n) is 7.62. The summed E-state index contributed by atoms with van der Waals surface area (Å²) in [4.78, 5) is 31.1. The molecule has 1 saturated heterocycles. The van der Waals surface area contributed by atoms with Crippen LogP contribution in [-0.2, 0) is 16.1 Å². The molecule has 0 aliphatic carbocycles. The second-order valence-corrected chi connectivity index (χ2v) is 7.62. The molecule has 0 bridgehead atoms. The van der Waals surface area contributed by atoms with Gasteiger partial charge < -0.3 is 15.2 Å². The third-order valence-electron chi connectivity index (χ3n) is 5.17. The van der Waals surface area contributed by atoms with Gasteiger partial charge in [-0.05, 0) is 31.9 Å². The lowest BCUT2D eigenvalue weighted by Crippen LogP contribution is -2.51. The molecule has 1 atom stereocenters. The Kier molecular flexibility index (Phi) is 6.43. The molecule has 1 amide bonds. The van der Waals surface area contributed by atoms with E-state index in [9.17, 15) is 14.7 Å². The fourth-order valence-corrected chi connectivity index (χ4v) is 3.64. The fourth-order valence-electron chi connectivity index (χ4n) is 3.64. The van der Waals surface area contributed by atoms with E-state index in [4.69, 9.17) is 4.74 Å². The number of hydrogen-bond acceptors (Lipinski definition) is 6. The first-order valence-corrected chi connectivity index (χ1v) is 9.57. The second kappa shape index (κ2) is 8.81. The Morgan fingerprint density at radius 2 is 2.07 bits per heavy atom. The normalized spacial score (nSPS) is 18.1. The van der Waals surface area contributed by atoms with Crippen LogP contribution in [0.2, 0.25) is 0 Å². The average molecular weight is 388 g/mol. The van der Waals surface area contributed by atoms with E-state index < -0.39 is 5.60 Å².